The van der Waals surface area contributed by atoms with Gasteiger partial charge in [-0.3, -0.25) is 0 Å². The lowest BCUT2D eigenvalue weighted by molar-refractivity contribution is -0.158. The van der Waals surface area contributed by atoms with E-state index < -0.39 is 5.79 Å². The van der Waals surface area contributed by atoms with Crippen molar-refractivity contribution in [2.24, 2.45) is 5.92 Å². The van der Waals surface area contributed by atoms with Gasteiger partial charge in [-0.2, -0.15) is 0 Å². The van der Waals surface area contributed by atoms with Crippen molar-refractivity contribution in [2.45, 2.75) is 64.3 Å². The van der Waals surface area contributed by atoms with E-state index in [0.29, 0.717) is 0 Å². The average molecular weight is 322 g/mol. The summed E-state index contributed by atoms with van der Waals surface area (Å²) in [6.45, 7) is 7.05. The number of ether oxygens (including phenoxy) is 2. The Morgan fingerprint density at radius 1 is 1.09 bits per heavy atom. The SMILES string of the molecule is CPCc1ccc(OC(C)(C)OCCC2CCCCC2)cc1. The van der Waals surface area contributed by atoms with Crippen molar-refractivity contribution in [2.75, 3.05) is 13.3 Å². The fourth-order valence-corrected chi connectivity index (χ4v) is 3.78. The van der Waals surface area contributed by atoms with Gasteiger partial charge in [-0.05, 0) is 42.9 Å². The van der Waals surface area contributed by atoms with Gasteiger partial charge in [0, 0.05) is 13.8 Å². The zero-order valence-corrected chi connectivity index (χ0v) is 15.4. The van der Waals surface area contributed by atoms with Crippen LogP contribution in [0, 0.1) is 5.92 Å². The van der Waals surface area contributed by atoms with Gasteiger partial charge in [0.05, 0.1) is 6.61 Å². The lowest BCUT2D eigenvalue weighted by Crippen LogP contribution is -2.32. The summed E-state index contributed by atoms with van der Waals surface area (Å²) in [4.78, 5) is 0. The molecule has 3 heteroatoms. The van der Waals surface area contributed by atoms with Gasteiger partial charge in [0.1, 0.15) is 5.75 Å². The molecule has 2 rings (SSSR count). The average Bonchev–Trinajstić information content (AvgIpc) is 2.50. The summed E-state index contributed by atoms with van der Waals surface area (Å²) in [7, 11) is 0.958. The molecule has 2 nitrogen and oxygen atoms in total. The summed E-state index contributed by atoms with van der Waals surface area (Å²) in [5.41, 5.74) is 1.38. The quantitative estimate of drug-likeness (QED) is 0.458. The second-order valence-corrected chi connectivity index (χ2v) is 7.88. The highest BCUT2D eigenvalue weighted by Crippen LogP contribution is 2.27. The molecule has 0 aliphatic heterocycles. The van der Waals surface area contributed by atoms with E-state index in [2.05, 4.69) is 30.9 Å². The highest BCUT2D eigenvalue weighted by Gasteiger charge is 2.21. The van der Waals surface area contributed by atoms with Crippen LogP contribution in [-0.4, -0.2) is 19.1 Å². The summed E-state index contributed by atoms with van der Waals surface area (Å²) in [5, 5.41) is 0. The standard InChI is InChI=1S/C19H31O2P/c1-19(2,20-14-13-16-7-5-4-6-8-16)21-18-11-9-17(10-12-18)15-22-3/h9-12,16,22H,4-8,13-15H2,1-3H3. The van der Waals surface area contributed by atoms with Gasteiger partial charge < -0.3 is 9.47 Å². The zero-order valence-electron chi connectivity index (χ0n) is 14.4. The first-order valence-electron chi connectivity index (χ1n) is 8.65. The third-order valence-corrected chi connectivity index (χ3v) is 5.13. The van der Waals surface area contributed by atoms with Crippen molar-refractivity contribution < 1.29 is 9.47 Å². The van der Waals surface area contributed by atoms with Crippen LogP contribution in [0.4, 0.5) is 0 Å². The highest BCUT2D eigenvalue weighted by atomic mass is 31.1. The van der Waals surface area contributed by atoms with Crippen LogP contribution in [0.5, 0.6) is 5.75 Å². The summed E-state index contributed by atoms with van der Waals surface area (Å²) in [6.07, 6.45) is 9.30. The molecule has 1 aliphatic carbocycles. The van der Waals surface area contributed by atoms with Gasteiger partial charge in [-0.1, -0.05) is 44.2 Å². The Labute approximate surface area is 137 Å². The molecule has 1 atom stereocenters. The minimum Gasteiger partial charge on any atom is -0.463 e. The van der Waals surface area contributed by atoms with Crippen LogP contribution in [0.15, 0.2) is 24.3 Å². The zero-order chi connectivity index (χ0) is 15.8. The Morgan fingerprint density at radius 2 is 1.77 bits per heavy atom. The van der Waals surface area contributed by atoms with Crippen LogP contribution in [0.2, 0.25) is 0 Å². The molecule has 124 valence electrons. The number of benzene rings is 1. The van der Waals surface area contributed by atoms with Crippen molar-refractivity contribution in [1.82, 2.24) is 0 Å². The number of hydrogen-bond acceptors (Lipinski definition) is 2. The highest BCUT2D eigenvalue weighted by molar-refractivity contribution is 7.36. The van der Waals surface area contributed by atoms with Crippen LogP contribution >= 0.6 is 8.58 Å². The van der Waals surface area contributed by atoms with Gasteiger partial charge in [-0.15, -0.1) is 8.58 Å². The first kappa shape index (κ1) is 17.8. The molecule has 1 saturated carbocycles. The van der Waals surface area contributed by atoms with Gasteiger partial charge in [-0.25, -0.2) is 0 Å². The fourth-order valence-electron chi connectivity index (χ4n) is 3.14. The molecular formula is C19H31O2P. The molecule has 0 radical (unpaired) electrons. The lowest BCUT2D eigenvalue weighted by atomic mass is 9.87. The molecule has 1 fully saturated rings. The van der Waals surface area contributed by atoms with Crippen LogP contribution < -0.4 is 4.74 Å². The van der Waals surface area contributed by atoms with Crippen molar-refractivity contribution in [1.29, 1.82) is 0 Å². The molecule has 0 saturated heterocycles. The summed E-state index contributed by atoms with van der Waals surface area (Å²) >= 11 is 0. The monoisotopic (exact) mass is 322 g/mol. The second kappa shape index (κ2) is 8.89. The Balaban J connectivity index is 1.74. The molecule has 1 aliphatic rings. The fraction of sp³-hybridized carbons (Fsp3) is 0.684. The molecule has 0 spiro atoms. The van der Waals surface area contributed by atoms with Crippen molar-refractivity contribution in [3.63, 3.8) is 0 Å². The maximum absolute atomic E-state index is 6.00. The van der Waals surface area contributed by atoms with E-state index >= 15 is 0 Å². The second-order valence-electron chi connectivity index (χ2n) is 6.82. The first-order chi connectivity index (χ1) is 10.6. The molecule has 0 bridgehead atoms. The largest absolute Gasteiger partial charge is 0.463 e. The Hall–Kier alpha value is -0.590. The van der Waals surface area contributed by atoms with E-state index in [0.717, 1.165) is 33.0 Å². The molecule has 1 unspecified atom stereocenters. The predicted molar refractivity (Wildman–Crippen MR) is 96.2 cm³/mol. The van der Waals surface area contributed by atoms with Crippen LogP contribution in [0.1, 0.15) is 57.9 Å². The number of hydrogen-bond donors (Lipinski definition) is 0. The lowest BCUT2D eigenvalue weighted by Gasteiger charge is -2.28. The van der Waals surface area contributed by atoms with E-state index in [9.17, 15) is 0 Å². The van der Waals surface area contributed by atoms with Gasteiger partial charge in [0.2, 0.25) is 5.79 Å². The normalized spacial score (nSPS) is 17.2. The molecule has 0 aromatic heterocycles. The van der Waals surface area contributed by atoms with Gasteiger partial charge >= 0.3 is 0 Å². The molecule has 0 amide bonds. The minimum atomic E-state index is -0.553. The van der Waals surface area contributed by atoms with Gasteiger partial charge in [0.25, 0.3) is 0 Å². The third-order valence-electron chi connectivity index (χ3n) is 4.37. The van der Waals surface area contributed by atoms with Crippen molar-refractivity contribution in [3.05, 3.63) is 29.8 Å². The topological polar surface area (TPSA) is 18.5 Å². The Kier molecular flexibility index (Phi) is 7.18. The Morgan fingerprint density at radius 3 is 2.41 bits per heavy atom. The van der Waals surface area contributed by atoms with E-state index in [1.807, 2.05) is 13.8 Å². The van der Waals surface area contributed by atoms with Crippen molar-refractivity contribution in [3.8, 4) is 5.75 Å². The molecule has 1 aromatic rings. The molecule has 22 heavy (non-hydrogen) atoms. The van der Waals surface area contributed by atoms with Crippen LogP contribution in [0.25, 0.3) is 0 Å². The minimum absolute atomic E-state index is 0.553. The molecule has 1 aromatic carbocycles. The van der Waals surface area contributed by atoms with E-state index in [4.69, 9.17) is 9.47 Å². The first-order valence-corrected chi connectivity index (χ1v) is 10.4. The van der Waals surface area contributed by atoms with Crippen molar-refractivity contribution >= 4 is 8.58 Å². The maximum Gasteiger partial charge on any atom is 0.204 e. The summed E-state index contributed by atoms with van der Waals surface area (Å²) in [6, 6.07) is 8.43. The molecule has 0 N–H and O–H groups in total. The summed E-state index contributed by atoms with van der Waals surface area (Å²) in [5.74, 6) is 1.20. The van der Waals surface area contributed by atoms with E-state index in [-0.39, 0.29) is 0 Å². The predicted octanol–water partition coefficient (Wildman–Crippen LogP) is 5.60. The Bertz CT molecular complexity index is 422. The smallest absolute Gasteiger partial charge is 0.204 e. The van der Waals surface area contributed by atoms with Crippen LogP contribution in [0.3, 0.4) is 0 Å². The maximum atomic E-state index is 6.00. The number of rotatable bonds is 8. The summed E-state index contributed by atoms with van der Waals surface area (Å²) < 4.78 is 12.0. The van der Waals surface area contributed by atoms with Crippen LogP contribution in [-0.2, 0) is 10.9 Å². The molecule has 0 heterocycles. The van der Waals surface area contributed by atoms with Gasteiger partial charge in [0.15, 0.2) is 0 Å². The van der Waals surface area contributed by atoms with E-state index in [1.54, 1.807) is 0 Å². The molecular weight excluding hydrogens is 291 g/mol. The third kappa shape index (κ3) is 6.26. The van der Waals surface area contributed by atoms with E-state index in [1.165, 1.54) is 44.1 Å².